The Morgan fingerprint density at radius 2 is 1.78 bits per heavy atom. The summed E-state index contributed by atoms with van der Waals surface area (Å²) in [5, 5.41) is 2.98. The SMILES string of the molecule is O=C(NCC1CCCCC1)c1cccc(N2C(=O)CCC2=O)c1. The molecule has 2 aliphatic rings. The van der Waals surface area contributed by atoms with E-state index in [0.29, 0.717) is 23.7 Å². The fraction of sp³-hybridized carbons (Fsp3) is 0.500. The predicted octanol–water partition coefficient (Wildman–Crippen LogP) is 2.65. The van der Waals surface area contributed by atoms with Crippen molar-refractivity contribution in [2.24, 2.45) is 5.92 Å². The van der Waals surface area contributed by atoms with Crippen LogP contribution in [0.5, 0.6) is 0 Å². The van der Waals surface area contributed by atoms with Gasteiger partial charge < -0.3 is 5.32 Å². The Hall–Kier alpha value is -2.17. The molecule has 1 saturated heterocycles. The first-order chi connectivity index (χ1) is 11.1. The molecule has 0 atom stereocenters. The maximum Gasteiger partial charge on any atom is 0.251 e. The largest absolute Gasteiger partial charge is 0.352 e. The minimum absolute atomic E-state index is 0.142. The van der Waals surface area contributed by atoms with Gasteiger partial charge in [-0.3, -0.25) is 19.3 Å². The number of carbonyl (C=O) groups is 3. The number of hydrogen-bond donors (Lipinski definition) is 1. The molecule has 1 saturated carbocycles. The van der Waals surface area contributed by atoms with Gasteiger partial charge in [-0.1, -0.05) is 25.3 Å². The Morgan fingerprint density at radius 1 is 1.09 bits per heavy atom. The van der Waals surface area contributed by atoms with Crippen LogP contribution < -0.4 is 10.2 Å². The van der Waals surface area contributed by atoms with Crippen molar-refractivity contribution in [1.29, 1.82) is 0 Å². The van der Waals surface area contributed by atoms with E-state index in [4.69, 9.17) is 0 Å². The minimum atomic E-state index is -0.199. The lowest BCUT2D eigenvalue weighted by molar-refractivity contribution is -0.121. The van der Waals surface area contributed by atoms with Crippen molar-refractivity contribution in [2.45, 2.75) is 44.9 Å². The molecule has 122 valence electrons. The standard InChI is InChI=1S/C18H22N2O3/c21-16-9-10-17(22)20(16)15-8-4-7-14(11-15)18(23)19-12-13-5-2-1-3-6-13/h4,7-8,11,13H,1-3,5-6,9-10,12H2,(H,19,23). The van der Waals surface area contributed by atoms with Crippen LogP contribution in [0.4, 0.5) is 5.69 Å². The quantitative estimate of drug-likeness (QED) is 0.869. The first-order valence-corrected chi connectivity index (χ1v) is 8.39. The maximum atomic E-state index is 12.3. The molecule has 5 heteroatoms. The number of nitrogens with one attached hydrogen (secondary N) is 1. The Kier molecular flexibility index (Phi) is 4.74. The van der Waals surface area contributed by atoms with Gasteiger partial charge in [0, 0.05) is 24.9 Å². The van der Waals surface area contributed by atoms with Crippen LogP contribution in [0.15, 0.2) is 24.3 Å². The molecule has 0 bridgehead atoms. The highest BCUT2D eigenvalue weighted by Crippen LogP contribution is 2.24. The highest BCUT2D eigenvalue weighted by Gasteiger charge is 2.30. The van der Waals surface area contributed by atoms with E-state index in [1.54, 1.807) is 24.3 Å². The average molecular weight is 314 g/mol. The normalized spacial score (nSPS) is 19.2. The molecule has 23 heavy (non-hydrogen) atoms. The van der Waals surface area contributed by atoms with E-state index in [-0.39, 0.29) is 30.6 Å². The van der Waals surface area contributed by atoms with Crippen molar-refractivity contribution < 1.29 is 14.4 Å². The number of rotatable bonds is 4. The lowest BCUT2D eigenvalue weighted by Gasteiger charge is -2.22. The van der Waals surface area contributed by atoms with Gasteiger partial charge in [0.2, 0.25) is 11.8 Å². The van der Waals surface area contributed by atoms with Gasteiger partial charge in [-0.05, 0) is 37.0 Å². The van der Waals surface area contributed by atoms with Crippen LogP contribution in [-0.4, -0.2) is 24.3 Å². The van der Waals surface area contributed by atoms with Gasteiger partial charge >= 0.3 is 0 Å². The summed E-state index contributed by atoms with van der Waals surface area (Å²) in [6.45, 7) is 0.699. The summed E-state index contributed by atoms with van der Waals surface area (Å²) in [5.41, 5.74) is 0.980. The third kappa shape index (κ3) is 3.60. The van der Waals surface area contributed by atoms with Crippen LogP contribution in [0.2, 0.25) is 0 Å². The summed E-state index contributed by atoms with van der Waals surface area (Å²) >= 11 is 0. The van der Waals surface area contributed by atoms with Crippen LogP contribution in [0.25, 0.3) is 0 Å². The molecule has 1 aliphatic carbocycles. The molecule has 1 aromatic carbocycles. The number of nitrogens with zero attached hydrogens (tertiary/aromatic N) is 1. The number of amides is 3. The Balaban J connectivity index is 1.65. The Bertz CT molecular complexity index is 604. The Labute approximate surface area is 136 Å². The number of imide groups is 1. The van der Waals surface area contributed by atoms with Crippen molar-refractivity contribution >= 4 is 23.4 Å². The fourth-order valence-corrected chi connectivity index (χ4v) is 3.38. The molecular weight excluding hydrogens is 292 g/mol. The van der Waals surface area contributed by atoms with Crippen LogP contribution in [0.3, 0.4) is 0 Å². The lowest BCUT2D eigenvalue weighted by Crippen LogP contribution is -2.31. The van der Waals surface area contributed by atoms with E-state index in [1.807, 2.05) is 0 Å². The summed E-state index contributed by atoms with van der Waals surface area (Å²) in [5.74, 6) is 0.0265. The molecule has 1 aliphatic heterocycles. The van der Waals surface area contributed by atoms with Crippen LogP contribution in [0, 0.1) is 5.92 Å². The first-order valence-electron chi connectivity index (χ1n) is 8.39. The molecule has 3 rings (SSSR count). The molecule has 1 heterocycles. The summed E-state index contributed by atoms with van der Waals surface area (Å²) in [6.07, 6.45) is 6.64. The molecule has 0 aromatic heterocycles. The number of benzene rings is 1. The van der Waals surface area contributed by atoms with Crippen LogP contribution >= 0.6 is 0 Å². The maximum absolute atomic E-state index is 12.3. The van der Waals surface area contributed by atoms with Crippen molar-refractivity contribution in [3.63, 3.8) is 0 Å². The van der Waals surface area contributed by atoms with E-state index in [1.165, 1.54) is 37.0 Å². The molecule has 3 amide bonds. The number of anilines is 1. The zero-order valence-corrected chi connectivity index (χ0v) is 13.2. The predicted molar refractivity (Wildman–Crippen MR) is 87.1 cm³/mol. The molecule has 2 fully saturated rings. The molecule has 0 unspecified atom stereocenters. The molecule has 5 nitrogen and oxygen atoms in total. The third-order valence-electron chi connectivity index (χ3n) is 4.69. The van der Waals surface area contributed by atoms with Gasteiger partial charge in [0.05, 0.1) is 5.69 Å². The number of hydrogen-bond acceptors (Lipinski definition) is 3. The van der Waals surface area contributed by atoms with Crippen molar-refractivity contribution in [3.05, 3.63) is 29.8 Å². The van der Waals surface area contributed by atoms with Crippen molar-refractivity contribution in [3.8, 4) is 0 Å². The van der Waals surface area contributed by atoms with Gasteiger partial charge in [0.25, 0.3) is 5.91 Å². The van der Waals surface area contributed by atoms with Gasteiger partial charge in [-0.25, -0.2) is 0 Å². The van der Waals surface area contributed by atoms with Gasteiger partial charge in [-0.2, -0.15) is 0 Å². The van der Waals surface area contributed by atoms with Crippen molar-refractivity contribution in [2.75, 3.05) is 11.4 Å². The average Bonchev–Trinajstić information content (AvgIpc) is 2.92. The van der Waals surface area contributed by atoms with E-state index in [9.17, 15) is 14.4 Å². The summed E-state index contributed by atoms with van der Waals surface area (Å²) in [6, 6.07) is 6.74. The smallest absolute Gasteiger partial charge is 0.251 e. The molecular formula is C18H22N2O3. The topological polar surface area (TPSA) is 66.5 Å². The summed E-state index contributed by atoms with van der Waals surface area (Å²) in [7, 11) is 0. The molecule has 1 aromatic rings. The second-order valence-electron chi connectivity index (χ2n) is 6.39. The fourth-order valence-electron chi connectivity index (χ4n) is 3.38. The zero-order chi connectivity index (χ0) is 16.2. The molecule has 0 spiro atoms. The number of carbonyl (C=O) groups excluding carboxylic acids is 3. The molecule has 1 N–H and O–H groups in total. The second-order valence-corrected chi connectivity index (χ2v) is 6.39. The van der Waals surface area contributed by atoms with E-state index in [0.717, 1.165) is 0 Å². The van der Waals surface area contributed by atoms with Crippen molar-refractivity contribution in [1.82, 2.24) is 5.32 Å². The highest BCUT2D eigenvalue weighted by molar-refractivity contribution is 6.20. The molecule has 0 radical (unpaired) electrons. The third-order valence-corrected chi connectivity index (χ3v) is 4.69. The second kappa shape index (κ2) is 6.94. The summed E-state index contributed by atoms with van der Waals surface area (Å²) in [4.78, 5) is 37.1. The van der Waals surface area contributed by atoms with E-state index >= 15 is 0 Å². The highest BCUT2D eigenvalue weighted by atomic mass is 16.2. The van der Waals surface area contributed by atoms with Crippen LogP contribution in [0.1, 0.15) is 55.3 Å². The van der Waals surface area contributed by atoms with E-state index < -0.39 is 0 Å². The van der Waals surface area contributed by atoms with Gasteiger partial charge in [0.15, 0.2) is 0 Å². The van der Waals surface area contributed by atoms with E-state index in [2.05, 4.69) is 5.32 Å². The Morgan fingerprint density at radius 3 is 2.48 bits per heavy atom. The van der Waals surface area contributed by atoms with Crippen LogP contribution in [-0.2, 0) is 9.59 Å². The summed E-state index contributed by atoms with van der Waals surface area (Å²) < 4.78 is 0. The monoisotopic (exact) mass is 314 g/mol. The van der Waals surface area contributed by atoms with Gasteiger partial charge in [-0.15, -0.1) is 0 Å². The first kappa shape index (κ1) is 15.7. The zero-order valence-electron chi connectivity index (χ0n) is 13.2. The van der Waals surface area contributed by atoms with Gasteiger partial charge in [0.1, 0.15) is 0 Å². The minimum Gasteiger partial charge on any atom is -0.352 e. The lowest BCUT2D eigenvalue weighted by atomic mass is 9.89.